The highest BCUT2D eigenvalue weighted by atomic mass is 32.1. The number of benzene rings is 1. The minimum absolute atomic E-state index is 0.134. The summed E-state index contributed by atoms with van der Waals surface area (Å²) in [5, 5.41) is 4.31. The average molecular weight is 407 g/mol. The normalized spacial score (nSPS) is 15.5. The Bertz CT molecular complexity index is 1190. The summed E-state index contributed by atoms with van der Waals surface area (Å²) in [6.07, 6.45) is 2.17. The smallest absolute Gasteiger partial charge is 0.211 e. The average Bonchev–Trinajstić information content (AvgIpc) is 3.41. The molecule has 0 N–H and O–H groups in total. The van der Waals surface area contributed by atoms with Gasteiger partial charge in [-0.15, -0.1) is 11.3 Å². The Hall–Kier alpha value is -2.37. The second-order valence-electron chi connectivity index (χ2n) is 7.93. The van der Waals surface area contributed by atoms with Crippen molar-refractivity contribution in [2.75, 3.05) is 13.2 Å². The zero-order valence-electron chi connectivity index (χ0n) is 17.0. The number of ketones is 1. The summed E-state index contributed by atoms with van der Waals surface area (Å²) in [6.45, 7) is 7.65. The summed E-state index contributed by atoms with van der Waals surface area (Å²) in [6, 6.07) is 12.5. The number of para-hydroxylation sites is 1. The number of nitrogens with zero attached hydrogens (tertiary/aromatic N) is 2. The van der Waals surface area contributed by atoms with E-state index in [4.69, 9.17) is 4.74 Å². The maximum atomic E-state index is 13.8. The first-order chi connectivity index (χ1) is 14.2. The van der Waals surface area contributed by atoms with Crippen LogP contribution in [-0.2, 0) is 17.8 Å². The molecule has 0 aliphatic carbocycles. The molecule has 1 aliphatic heterocycles. The van der Waals surface area contributed by atoms with Gasteiger partial charge in [0.2, 0.25) is 5.78 Å². The SMILES string of the molecule is CCn1c(C(=O)c2c(C)n(CC3CCOCC3)c3ccccc23)cc2ccsc21. The molecule has 0 bridgehead atoms. The molecule has 0 radical (unpaired) electrons. The van der Waals surface area contributed by atoms with Gasteiger partial charge in [-0.2, -0.15) is 0 Å². The van der Waals surface area contributed by atoms with E-state index in [9.17, 15) is 4.79 Å². The van der Waals surface area contributed by atoms with E-state index in [0.29, 0.717) is 5.92 Å². The first-order valence-electron chi connectivity index (χ1n) is 10.5. The minimum atomic E-state index is 0.134. The summed E-state index contributed by atoms with van der Waals surface area (Å²) in [4.78, 5) is 15.0. The lowest BCUT2D eigenvalue weighted by molar-refractivity contribution is 0.0614. The molecule has 0 unspecified atom stereocenters. The molecular formula is C24H26N2O2S. The lowest BCUT2D eigenvalue weighted by atomic mass is 10.00. The number of ether oxygens (including phenoxy) is 1. The number of thiophene rings is 1. The second-order valence-corrected chi connectivity index (χ2v) is 8.82. The molecule has 3 aromatic heterocycles. The number of hydrogen-bond donors (Lipinski definition) is 0. The fraction of sp³-hybridized carbons (Fsp3) is 0.375. The monoisotopic (exact) mass is 406 g/mol. The van der Waals surface area contributed by atoms with Crippen molar-refractivity contribution in [3.63, 3.8) is 0 Å². The summed E-state index contributed by atoms with van der Waals surface area (Å²) in [5.41, 5.74) is 3.89. The van der Waals surface area contributed by atoms with Crippen molar-refractivity contribution in [1.82, 2.24) is 9.13 Å². The summed E-state index contributed by atoms with van der Waals surface area (Å²) in [7, 11) is 0. The molecule has 29 heavy (non-hydrogen) atoms. The maximum absolute atomic E-state index is 13.8. The molecule has 1 fully saturated rings. The molecule has 1 aliphatic rings. The summed E-state index contributed by atoms with van der Waals surface area (Å²) >= 11 is 1.70. The van der Waals surface area contributed by atoms with Crippen molar-refractivity contribution in [2.24, 2.45) is 5.92 Å². The zero-order chi connectivity index (χ0) is 20.0. The van der Waals surface area contributed by atoms with Crippen molar-refractivity contribution < 1.29 is 9.53 Å². The van der Waals surface area contributed by atoms with Gasteiger partial charge in [0.05, 0.1) is 11.3 Å². The van der Waals surface area contributed by atoms with Gasteiger partial charge in [0.25, 0.3) is 0 Å². The fourth-order valence-electron chi connectivity index (χ4n) is 4.75. The van der Waals surface area contributed by atoms with Crippen LogP contribution in [-0.4, -0.2) is 28.1 Å². The van der Waals surface area contributed by atoms with E-state index in [2.05, 4.69) is 58.7 Å². The van der Waals surface area contributed by atoms with E-state index in [1.54, 1.807) is 11.3 Å². The fourth-order valence-corrected chi connectivity index (χ4v) is 5.71. The molecule has 4 aromatic rings. The Morgan fingerprint density at radius 1 is 1.17 bits per heavy atom. The molecule has 1 aromatic carbocycles. The van der Waals surface area contributed by atoms with E-state index in [-0.39, 0.29) is 5.78 Å². The predicted molar refractivity (Wildman–Crippen MR) is 119 cm³/mol. The van der Waals surface area contributed by atoms with Crippen LogP contribution in [0.4, 0.5) is 0 Å². The number of aryl methyl sites for hydroxylation is 1. The van der Waals surface area contributed by atoms with E-state index in [1.165, 1.54) is 4.83 Å². The first kappa shape index (κ1) is 18.6. The number of fused-ring (bicyclic) bond motifs is 2. The van der Waals surface area contributed by atoms with Gasteiger partial charge in [0, 0.05) is 48.3 Å². The van der Waals surface area contributed by atoms with E-state index >= 15 is 0 Å². The quantitative estimate of drug-likeness (QED) is 0.402. The van der Waals surface area contributed by atoms with Gasteiger partial charge >= 0.3 is 0 Å². The van der Waals surface area contributed by atoms with Gasteiger partial charge in [-0.05, 0) is 56.2 Å². The Balaban J connectivity index is 1.63. The first-order valence-corrected chi connectivity index (χ1v) is 11.3. The number of carbonyl (C=O) groups is 1. The number of aromatic nitrogens is 2. The van der Waals surface area contributed by atoms with Crippen LogP contribution in [0, 0.1) is 12.8 Å². The van der Waals surface area contributed by atoms with Crippen molar-refractivity contribution in [1.29, 1.82) is 0 Å². The zero-order valence-corrected chi connectivity index (χ0v) is 17.8. The van der Waals surface area contributed by atoms with Gasteiger partial charge in [-0.3, -0.25) is 4.79 Å². The molecule has 0 spiro atoms. The molecule has 0 saturated carbocycles. The Labute approximate surface area is 174 Å². The van der Waals surface area contributed by atoms with Gasteiger partial charge in [-0.1, -0.05) is 18.2 Å². The summed E-state index contributed by atoms with van der Waals surface area (Å²) < 4.78 is 10.1. The van der Waals surface area contributed by atoms with E-state index in [0.717, 1.165) is 72.4 Å². The van der Waals surface area contributed by atoms with Gasteiger partial charge in [0.1, 0.15) is 4.83 Å². The van der Waals surface area contributed by atoms with Crippen molar-refractivity contribution in [2.45, 2.75) is 39.8 Å². The van der Waals surface area contributed by atoms with Gasteiger partial charge in [-0.25, -0.2) is 0 Å². The molecule has 0 atom stereocenters. The van der Waals surface area contributed by atoms with Crippen LogP contribution in [0.2, 0.25) is 0 Å². The van der Waals surface area contributed by atoms with Gasteiger partial charge in [0.15, 0.2) is 0 Å². The maximum Gasteiger partial charge on any atom is 0.211 e. The highest BCUT2D eigenvalue weighted by Gasteiger charge is 2.25. The molecule has 4 heterocycles. The lowest BCUT2D eigenvalue weighted by Crippen LogP contribution is -2.21. The van der Waals surface area contributed by atoms with E-state index in [1.807, 2.05) is 6.07 Å². The van der Waals surface area contributed by atoms with Crippen LogP contribution < -0.4 is 0 Å². The Morgan fingerprint density at radius 3 is 2.76 bits per heavy atom. The van der Waals surface area contributed by atoms with Crippen LogP contribution >= 0.6 is 11.3 Å². The molecule has 150 valence electrons. The molecule has 1 saturated heterocycles. The third-order valence-electron chi connectivity index (χ3n) is 6.29. The number of hydrogen-bond acceptors (Lipinski definition) is 3. The summed E-state index contributed by atoms with van der Waals surface area (Å²) in [5.74, 6) is 0.737. The standard InChI is InChI=1S/C24H26N2O2S/c1-3-25-21(14-18-10-13-29-24(18)25)23(27)22-16(2)26(15-17-8-11-28-12-9-17)20-7-5-4-6-19(20)22/h4-7,10,13-14,17H,3,8-9,11-12,15H2,1-2H3. The van der Waals surface area contributed by atoms with Crippen LogP contribution in [0.3, 0.4) is 0 Å². The lowest BCUT2D eigenvalue weighted by Gasteiger charge is -2.23. The number of carbonyl (C=O) groups excluding carboxylic acids is 1. The molecule has 0 amide bonds. The molecule has 4 nitrogen and oxygen atoms in total. The van der Waals surface area contributed by atoms with Crippen LogP contribution in [0.15, 0.2) is 41.8 Å². The van der Waals surface area contributed by atoms with Crippen LogP contribution in [0.5, 0.6) is 0 Å². The Kier molecular flexibility index (Phi) is 4.80. The minimum Gasteiger partial charge on any atom is -0.381 e. The third-order valence-corrected chi connectivity index (χ3v) is 7.24. The third kappa shape index (κ3) is 3.04. The van der Waals surface area contributed by atoms with Gasteiger partial charge < -0.3 is 13.9 Å². The van der Waals surface area contributed by atoms with Crippen molar-refractivity contribution in [3.05, 3.63) is 58.7 Å². The highest BCUT2D eigenvalue weighted by molar-refractivity contribution is 7.16. The topological polar surface area (TPSA) is 36.2 Å². The van der Waals surface area contributed by atoms with Crippen LogP contribution in [0.1, 0.15) is 41.5 Å². The predicted octanol–water partition coefficient (Wildman–Crippen LogP) is 5.64. The highest BCUT2D eigenvalue weighted by Crippen LogP contribution is 2.33. The second kappa shape index (κ2) is 7.47. The number of rotatable bonds is 5. The van der Waals surface area contributed by atoms with Crippen LogP contribution in [0.25, 0.3) is 21.1 Å². The molecule has 5 rings (SSSR count). The van der Waals surface area contributed by atoms with E-state index < -0.39 is 0 Å². The molecular weight excluding hydrogens is 380 g/mol. The molecule has 5 heteroatoms. The van der Waals surface area contributed by atoms with Crippen molar-refractivity contribution in [3.8, 4) is 0 Å². The Morgan fingerprint density at radius 2 is 1.97 bits per heavy atom. The van der Waals surface area contributed by atoms with Crippen molar-refractivity contribution >= 4 is 38.2 Å². The largest absolute Gasteiger partial charge is 0.381 e.